The Bertz CT molecular complexity index is 399. The van der Waals surface area contributed by atoms with Gasteiger partial charge in [-0.2, -0.15) is 0 Å². The molecule has 0 amide bonds. The molecule has 1 aliphatic heterocycles. The van der Waals surface area contributed by atoms with E-state index in [2.05, 4.69) is 52.5 Å². The number of allylic oxidation sites excluding steroid dienone is 4. The third-order valence-electron chi connectivity index (χ3n) is 3.37. The number of hydrogen-bond donors (Lipinski definition) is 1. The first-order chi connectivity index (χ1) is 7.41. The third-order valence-corrected chi connectivity index (χ3v) is 4.11. The van der Waals surface area contributed by atoms with Crippen LogP contribution in [0.5, 0.6) is 0 Å². The molecular weight excluding hydrogens is 216 g/mol. The maximum Gasteiger partial charge on any atom is 0.123 e. The lowest BCUT2D eigenvalue weighted by molar-refractivity contribution is 0.0358. The van der Waals surface area contributed by atoms with Crippen LogP contribution < -0.4 is 0 Å². The molecular formula is C14H20OS. The molecule has 1 nitrogen and oxygen atoms in total. The standard InChI is InChI=1S/C14H20OS/c1-9-8-12-11(10(2)13(9)16)6-5-7-14(3,4)15-12/h6,8-9,16H,5,7H2,1-4H3. The van der Waals surface area contributed by atoms with Crippen molar-refractivity contribution in [2.45, 2.75) is 46.1 Å². The molecule has 16 heavy (non-hydrogen) atoms. The average molecular weight is 236 g/mol. The second kappa shape index (κ2) is 3.99. The lowest BCUT2D eigenvalue weighted by atomic mass is 9.92. The number of hydrogen-bond acceptors (Lipinski definition) is 2. The molecule has 1 unspecified atom stereocenters. The Morgan fingerprint density at radius 2 is 2.12 bits per heavy atom. The lowest BCUT2D eigenvalue weighted by Crippen LogP contribution is -2.24. The minimum absolute atomic E-state index is 0.0574. The van der Waals surface area contributed by atoms with Crippen molar-refractivity contribution in [3.05, 3.63) is 34.0 Å². The van der Waals surface area contributed by atoms with E-state index in [-0.39, 0.29) is 5.60 Å². The SMILES string of the molecule is CC1=C(S)C(C)C=C2OC(C)(C)CCC=C21. The quantitative estimate of drug-likeness (QED) is 0.619. The van der Waals surface area contributed by atoms with Gasteiger partial charge in [0.1, 0.15) is 11.4 Å². The van der Waals surface area contributed by atoms with Crippen LogP contribution >= 0.6 is 12.6 Å². The fraction of sp³-hybridized carbons (Fsp3) is 0.571. The molecule has 1 atom stereocenters. The van der Waals surface area contributed by atoms with Crippen molar-refractivity contribution in [3.63, 3.8) is 0 Å². The van der Waals surface area contributed by atoms with E-state index in [0.29, 0.717) is 5.92 Å². The zero-order chi connectivity index (χ0) is 11.9. The van der Waals surface area contributed by atoms with Gasteiger partial charge in [0.25, 0.3) is 0 Å². The molecule has 1 aliphatic carbocycles. The van der Waals surface area contributed by atoms with E-state index in [1.54, 1.807) is 0 Å². The molecule has 0 spiro atoms. The predicted octanol–water partition coefficient (Wildman–Crippen LogP) is 4.24. The van der Waals surface area contributed by atoms with E-state index < -0.39 is 0 Å². The van der Waals surface area contributed by atoms with Gasteiger partial charge in [-0.05, 0) is 50.2 Å². The lowest BCUT2D eigenvalue weighted by Gasteiger charge is -2.29. The molecule has 0 aromatic carbocycles. The molecule has 88 valence electrons. The summed E-state index contributed by atoms with van der Waals surface area (Å²) in [6.45, 7) is 8.62. The summed E-state index contributed by atoms with van der Waals surface area (Å²) in [5.41, 5.74) is 2.46. The van der Waals surface area contributed by atoms with Crippen LogP contribution in [-0.4, -0.2) is 5.60 Å². The normalized spacial score (nSPS) is 28.7. The largest absolute Gasteiger partial charge is 0.488 e. The molecule has 0 saturated heterocycles. The second-order valence-electron chi connectivity index (χ2n) is 5.35. The van der Waals surface area contributed by atoms with Crippen LogP contribution in [0.15, 0.2) is 34.0 Å². The number of fused-ring (bicyclic) bond motifs is 1. The summed E-state index contributed by atoms with van der Waals surface area (Å²) in [7, 11) is 0. The van der Waals surface area contributed by atoms with Crippen LogP contribution in [-0.2, 0) is 4.74 Å². The van der Waals surface area contributed by atoms with Gasteiger partial charge in [-0.3, -0.25) is 0 Å². The Kier molecular flexibility index (Phi) is 2.95. The zero-order valence-corrected chi connectivity index (χ0v) is 11.4. The van der Waals surface area contributed by atoms with Gasteiger partial charge in [0.2, 0.25) is 0 Å². The number of ether oxygens (including phenoxy) is 1. The Morgan fingerprint density at radius 3 is 2.81 bits per heavy atom. The van der Waals surface area contributed by atoms with Crippen molar-refractivity contribution in [2.75, 3.05) is 0 Å². The molecule has 0 N–H and O–H groups in total. The zero-order valence-electron chi connectivity index (χ0n) is 10.5. The van der Waals surface area contributed by atoms with Crippen molar-refractivity contribution >= 4 is 12.6 Å². The molecule has 0 aromatic heterocycles. The van der Waals surface area contributed by atoms with Gasteiger partial charge in [0.15, 0.2) is 0 Å². The van der Waals surface area contributed by atoms with E-state index in [9.17, 15) is 0 Å². The van der Waals surface area contributed by atoms with E-state index in [4.69, 9.17) is 4.74 Å². The summed E-state index contributed by atoms with van der Waals surface area (Å²) in [5.74, 6) is 1.41. The number of rotatable bonds is 0. The first-order valence-electron chi connectivity index (χ1n) is 5.92. The van der Waals surface area contributed by atoms with Gasteiger partial charge < -0.3 is 4.74 Å². The minimum atomic E-state index is -0.0574. The molecule has 0 saturated carbocycles. The van der Waals surface area contributed by atoms with Crippen LogP contribution in [0.4, 0.5) is 0 Å². The Hall–Kier alpha value is -0.630. The summed E-state index contributed by atoms with van der Waals surface area (Å²) in [5, 5.41) is 0. The molecule has 0 bridgehead atoms. The third kappa shape index (κ3) is 2.08. The van der Waals surface area contributed by atoms with Crippen molar-refractivity contribution < 1.29 is 4.74 Å². The Balaban J connectivity index is 2.41. The first kappa shape index (κ1) is 11.8. The smallest absolute Gasteiger partial charge is 0.123 e. The van der Waals surface area contributed by atoms with E-state index >= 15 is 0 Å². The molecule has 0 radical (unpaired) electrons. The Labute approximate surface area is 104 Å². The van der Waals surface area contributed by atoms with Gasteiger partial charge in [0.05, 0.1) is 0 Å². The molecule has 2 aliphatic rings. The van der Waals surface area contributed by atoms with Gasteiger partial charge in [-0.1, -0.05) is 13.0 Å². The highest BCUT2D eigenvalue weighted by Crippen LogP contribution is 2.40. The van der Waals surface area contributed by atoms with Crippen molar-refractivity contribution in [1.82, 2.24) is 0 Å². The summed E-state index contributed by atoms with van der Waals surface area (Å²) in [4.78, 5) is 1.17. The van der Waals surface area contributed by atoms with Gasteiger partial charge in [-0.15, -0.1) is 12.6 Å². The fourth-order valence-electron chi connectivity index (χ4n) is 2.32. The van der Waals surface area contributed by atoms with Crippen molar-refractivity contribution in [1.29, 1.82) is 0 Å². The van der Waals surface area contributed by atoms with E-state index in [0.717, 1.165) is 18.6 Å². The topological polar surface area (TPSA) is 9.23 Å². The Morgan fingerprint density at radius 1 is 1.44 bits per heavy atom. The number of thiol groups is 1. The molecule has 1 heterocycles. The second-order valence-corrected chi connectivity index (χ2v) is 5.83. The molecule has 0 aromatic rings. The average Bonchev–Trinajstić information content (AvgIpc) is 2.32. The van der Waals surface area contributed by atoms with Gasteiger partial charge in [0, 0.05) is 11.5 Å². The van der Waals surface area contributed by atoms with Gasteiger partial charge >= 0.3 is 0 Å². The van der Waals surface area contributed by atoms with Crippen molar-refractivity contribution in [2.24, 2.45) is 5.92 Å². The summed E-state index contributed by atoms with van der Waals surface area (Å²) < 4.78 is 6.12. The maximum atomic E-state index is 6.12. The molecule has 2 rings (SSSR count). The van der Waals surface area contributed by atoms with Crippen LogP contribution in [0, 0.1) is 5.92 Å². The van der Waals surface area contributed by atoms with E-state index in [1.807, 2.05) is 0 Å². The highest BCUT2D eigenvalue weighted by Gasteiger charge is 2.29. The van der Waals surface area contributed by atoms with Crippen LogP contribution in [0.3, 0.4) is 0 Å². The van der Waals surface area contributed by atoms with Crippen LogP contribution in [0.2, 0.25) is 0 Å². The minimum Gasteiger partial charge on any atom is -0.488 e. The van der Waals surface area contributed by atoms with Crippen LogP contribution in [0.25, 0.3) is 0 Å². The van der Waals surface area contributed by atoms with Crippen molar-refractivity contribution in [3.8, 4) is 0 Å². The summed E-state index contributed by atoms with van der Waals surface area (Å²) in [6, 6.07) is 0. The van der Waals surface area contributed by atoms with Crippen LogP contribution in [0.1, 0.15) is 40.5 Å². The highest BCUT2D eigenvalue weighted by molar-refractivity contribution is 7.84. The van der Waals surface area contributed by atoms with Gasteiger partial charge in [-0.25, -0.2) is 0 Å². The molecule has 0 fully saturated rings. The maximum absolute atomic E-state index is 6.12. The summed E-state index contributed by atoms with van der Waals surface area (Å²) >= 11 is 4.59. The summed E-state index contributed by atoms with van der Waals surface area (Å²) in [6.07, 6.45) is 6.62. The monoisotopic (exact) mass is 236 g/mol. The predicted molar refractivity (Wildman–Crippen MR) is 71.4 cm³/mol. The molecule has 2 heteroatoms. The fourth-order valence-corrected chi connectivity index (χ4v) is 2.51. The highest BCUT2D eigenvalue weighted by atomic mass is 32.1. The van der Waals surface area contributed by atoms with E-state index in [1.165, 1.54) is 16.1 Å². The first-order valence-corrected chi connectivity index (χ1v) is 6.37.